The van der Waals surface area contributed by atoms with Crippen LogP contribution >= 0.6 is 0 Å². The van der Waals surface area contributed by atoms with Crippen LogP contribution in [0.25, 0.3) is 11.2 Å². The summed E-state index contributed by atoms with van der Waals surface area (Å²) in [6.45, 7) is 3.82. The van der Waals surface area contributed by atoms with Gasteiger partial charge in [-0.15, -0.1) is 0 Å². The molecule has 21 heavy (non-hydrogen) atoms. The Morgan fingerprint density at radius 2 is 2.19 bits per heavy atom. The van der Waals surface area contributed by atoms with Crippen molar-refractivity contribution in [2.24, 2.45) is 17.3 Å². The second-order valence-corrected chi connectivity index (χ2v) is 5.89. The van der Waals surface area contributed by atoms with Crippen molar-refractivity contribution in [3.05, 3.63) is 24.2 Å². The van der Waals surface area contributed by atoms with Crippen LogP contribution in [-0.2, 0) is 16.1 Å². The molecule has 3 rings (SSSR count). The lowest BCUT2D eigenvalue weighted by molar-refractivity contribution is -0.140. The first-order valence-electron chi connectivity index (χ1n) is 6.71. The molecule has 0 radical (unpaired) electrons. The average molecular weight is 288 g/mol. The van der Waals surface area contributed by atoms with Crippen molar-refractivity contribution in [3.8, 4) is 0 Å². The normalized spacial score (nSPS) is 23.0. The molecule has 2 atom stereocenters. The zero-order chi connectivity index (χ0) is 15.2. The maximum Gasteiger partial charge on any atom is 0.307 e. The Labute approximate surface area is 120 Å². The number of pyridine rings is 1. The van der Waals surface area contributed by atoms with Crippen LogP contribution in [-0.4, -0.2) is 31.9 Å². The van der Waals surface area contributed by atoms with Gasteiger partial charge in [0.1, 0.15) is 5.82 Å². The molecule has 0 unspecified atom stereocenters. The van der Waals surface area contributed by atoms with Gasteiger partial charge >= 0.3 is 5.97 Å². The maximum absolute atomic E-state index is 12.1. The summed E-state index contributed by atoms with van der Waals surface area (Å²) in [6, 6.07) is 3.65. The molecule has 0 aliphatic heterocycles. The number of carboxylic acids is 1. The molecule has 1 aliphatic rings. The monoisotopic (exact) mass is 288 g/mol. The van der Waals surface area contributed by atoms with Crippen LogP contribution in [0.3, 0.4) is 0 Å². The van der Waals surface area contributed by atoms with E-state index in [0.29, 0.717) is 11.5 Å². The molecule has 0 saturated heterocycles. The number of fused-ring (bicyclic) bond motifs is 1. The summed E-state index contributed by atoms with van der Waals surface area (Å²) in [5, 5.41) is 11.8. The lowest BCUT2D eigenvalue weighted by Crippen LogP contribution is -2.27. The third kappa shape index (κ3) is 2.24. The molecule has 0 aromatic carbocycles. The van der Waals surface area contributed by atoms with E-state index in [1.807, 2.05) is 6.07 Å². The summed E-state index contributed by atoms with van der Waals surface area (Å²) >= 11 is 0. The van der Waals surface area contributed by atoms with E-state index in [1.54, 1.807) is 26.1 Å². The van der Waals surface area contributed by atoms with Gasteiger partial charge in [0, 0.05) is 6.20 Å². The fraction of sp³-hybridized carbons (Fsp3) is 0.429. The van der Waals surface area contributed by atoms with Crippen LogP contribution in [0.15, 0.2) is 18.3 Å². The number of H-pyrrole nitrogens is 1. The van der Waals surface area contributed by atoms with Crippen molar-refractivity contribution in [1.82, 2.24) is 20.3 Å². The first kappa shape index (κ1) is 13.5. The molecule has 7 nitrogen and oxygen atoms in total. The number of hydrogen-bond acceptors (Lipinski definition) is 4. The highest BCUT2D eigenvalue weighted by Gasteiger charge is 2.65. The summed E-state index contributed by atoms with van der Waals surface area (Å²) in [5.74, 6) is -1.68. The van der Waals surface area contributed by atoms with Gasteiger partial charge < -0.3 is 15.4 Å². The zero-order valence-corrected chi connectivity index (χ0v) is 11.8. The summed E-state index contributed by atoms with van der Waals surface area (Å²) in [5.41, 5.74) is 0.902. The van der Waals surface area contributed by atoms with Crippen molar-refractivity contribution in [2.75, 3.05) is 0 Å². The molecule has 1 aliphatic carbocycles. The van der Waals surface area contributed by atoms with Gasteiger partial charge in [-0.2, -0.15) is 0 Å². The fourth-order valence-corrected chi connectivity index (χ4v) is 2.85. The predicted molar refractivity (Wildman–Crippen MR) is 74.1 cm³/mol. The van der Waals surface area contributed by atoms with E-state index in [1.165, 1.54) is 0 Å². The minimum atomic E-state index is -0.923. The number of nitrogens with one attached hydrogen (secondary N) is 2. The number of aliphatic carboxylic acids is 1. The van der Waals surface area contributed by atoms with Gasteiger partial charge in [-0.05, 0) is 17.5 Å². The first-order valence-corrected chi connectivity index (χ1v) is 6.71. The van der Waals surface area contributed by atoms with E-state index in [2.05, 4.69) is 20.3 Å². The zero-order valence-electron chi connectivity index (χ0n) is 11.8. The number of rotatable bonds is 4. The standard InChI is InChI=1S/C14H16N4O3/c1-14(2)9(10(14)13(20)21)12(19)16-6-8-17-7-4-3-5-15-11(7)18-8/h3-5,9-10H,6H2,1-2H3,(H,16,19)(H,20,21)(H,15,17,18)/t9-,10+/m1/s1. The van der Waals surface area contributed by atoms with E-state index in [-0.39, 0.29) is 12.5 Å². The number of carbonyl (C=O) groups excluding carboxylic acids is 1. The van der Waals surface area contributed by atoms with Gasteiger partial charge in [0.15, 0.2) is 5.65 Å². The van der Waals surface area contributed by atoms with Gasteiger partial charge in [0.05, 0.1) is 23.9 Å². The molecule has 2 aromatic rings. The SMILES string of the molecule is CC1(C)[C@H](C(=O)O)[C@@H]1C(=O)NCc1nc2ncccc2[nH]1. The van der Waals surface area contributed by atoms with Crippen molar-refractivity contribution >= 4 is 23.0 Å². The number of carbonyl (C=O) groups is 2. The van der Waals surface area contributed by atoms with E-state index in [0.717, 1.165) is 5.52 Å². The number of imidazole rings is 1. The van der Waals surface area contributed by atoms with Gasteiger partial charge in [-0.1, -0.05) is 13.8 Å². The molecule has 1 saturated carbocycles. The first-order chi connectivity index (χ1) is 9.91. The smallest absolute Gasteiger partial charge is 0.307 e. The molecule has 1 fully saturated rings. The van der Waals surface area contributed by atoms with Crippen LogP contribution in [0.1, 0.15) is 19.7 Å². The third-order valence-electron chi connectivity index (χ3n) is 4.11. The van der Waals surface area contributed by atoms with E-state index in [4.69, 9.17) is 5.11 Å². The van der Waals surface area contributed by atoms with Crippen LogP contribution in [0, 0.1) is 17.3 Å². The summed E-state index contributed by atoms with van der Waals surface area (Å²) in [4.78, 5) is 34.6. The number of aromatic amines is 1. The van der Waals surface area contributed by atoms with Crippen LogP contribution in [0.5, 0.6) is 0 Å². The average Bonchev–Trinajstić information content (AvgIpc) is 2.81. The molecule has 3 N–H and O–H groups in total. The number of amides is 1. The molecule has 2 aromatic heterocycles. The Bertz CT molecular complexity index is 689. The van der Waals surface area contributed by atoms with E-state index in [9.17, 15) is 9.59 Å². The van der Waals surface area contributed by atoms with Gasteiger partial charge in [0.25, 0.3) is 0 Å². The Kier molecular flexibility index (Phi) is 2.93. The van der Waals surface area contributed by atoms with Crippen LogP contribution in [0.2, 0.25) is 0 Å². The van der Waals surface area contributed by atoms with Crippen molar-refractivity contribution in [3.63, 3.8) is 0 Å². The minimum absolute atomic E-state index is 0.230. The topological polar surface area (TPSA) is 108 Å². The number of carboxylic acid groups (broad SMARTS) is 1. The highest BCUT2D eigenvalue weighted by atomic mass is 16.4. The third-order valence-corrected chi connectivity index (χ3v) is 4.11. The minimum Gasteiger partial charge on any atom is -0.481 e. The molecule has 7 heteroatoms. The fourth-order valence-electron chi connectivity index (χ4n) is 2.85. The van der Waals surface area contributed by atoms with Crippen molar-refractivity contribution < 1.29 is 14.7 Å². The van der Waals surface area contributed by atoms with Crippen LogP contribution < -0.4 is 5.32 Å². The lowest BCUT2D eigenvalue weighted by Gasteiger charge is -2.03. The number of hydrogen-bond donors (Lipinski definition) is 3. The number of aromatic nitrogens is 3. The van der Waals surface area contributed by atoms with Gasteiger partial charge in [0.2, 0.25) is 5.91 Å². The Morgan fingerprint density at radius 3 is 2.81 bits per heavy atom. The molecule has 0 spiro atoms. The highest BCUT2D eigenvalue weighted by Crippen LogP contribution is 2.58. The number of nitrogens with zero attached hydrogens (tertiary/aromatic N) is 2. The second-order valence-electron chi connectivity index (χ2n) is 5.89. The summed E-state index contributed by atoms with van der Waals surface area (Å²) in [7, 11) is 0. The van der Waals surface area contributed by atoms with E-state index < -0.39 is 23.2 Å². The Hall–Kier alpha value is -2.44. The molecule has 1 amide bonds. The summed E-state index contributed by atoms with van der Waals surface area (Å²) < 4.78 is 0. The molecule has 2 heterocycles. The molecular formula is C14H16N4O3. The van der Waals surface area contributed by atoms with Crippen LogP contribution in [0.4, 0.5) is 0 Å². The van der Waals surface area contributed by atoms with Gasteiger partial charge in [-0.3, -0.25) is 9.59 Å². The van der Waals surface area contributed by atoms with Crippen molar-refractivity contribution in [1.29, 1.82) is 0 Å². The molecule has 110 valence electrons. The summed E-state index contributed by atoms with van der Waals surface area (Å²) in [6.07, 6.45) is 1.65. The van der Waals surface area contributed by atoms with E-state index >= 15 is 0 Å². The molecule has 0 bridgehead atoms. The maximum atomic E-state index is 12.1. The lowest BCUT2D eigenvalue weighted by atomic mass is 10.1. The van der Waals surface area contributed by atoms with Gasteiger partial charge in [-0.25, -0.2) is 9.97 Å². The second kappa shape index (κ2) is 4.54. The highest BCUT2D eigenvalue weighted by molar-refractivity contribution is 5.91. The Balaban J connectivity index is 1.65. The largest absolute Gasteiger partial charge is 0.481 e. The molecular weight excluding hydrogens is 272 g/mol. The Morgan fingerprint density at radius 1 is 1.43 bits per heavy atom. The predicted octanol–water partition coefficient (Wildman–Crippen LogP) is 0.931. The quantitative estimate of drug-likeness (QED) is 0.775. The van der Waals surface area contributed by atoms with Crippen molar-refractivity contribution in [2.45, 2.75) is 20.4 Å².